The van der Waals surface area contributed by atoms with Crippen LogP contribution < -0.4 is 11.1 Å². The molecule has 0 bridgehead atoms. The number of hydrogen-bond donors (Lipinski definition) is 2. The number of amides is 2. The van der Waals surface area contributed by atoms with Crippen molar-refractivity contribution in [3.05, 3.63) is 0 Å². The number of likely N-dealkylation sites (tertiary alicyclic amines) is 1. The maximum absolute atomic E-state index is 12.0. The van der Waals surface area contributed by atoms with Gasteiger partial charge in [-0.05, 0) is 44.9 Å². The molecule has 1 saturated heterocycles. The predicted octanol–water partition coefficient (Wildman–Crippen LogP) is 0.976. The van der Waals surface area contributed by atoms with E-state index in [1.807, 2.05) is 11.8 Å². The van der Waals surface area contributed by atoms with Gasteiger partial charge in [-0.1, -0.05) is 0 Å². The van der Waals surface area contributed by atoms with Crippen molar-refractivity contribution in [3.8, 4) is 0 Å². The zero-order chi connectivity index (χ0) is 15.3. The lowest BCUT2D eigenvalue weighted by Gasteiger charge is -2.29. The van der Waals surface area contributed by atoms with Crippen LogP contribution in [0, 0.1) is 5.92 Å². The highest BCUT2D eigenvalue weighted by atomic mass is 32.2. The fourth-order valence-electron chi connectivity index (χ4n) is 2.86. The van der Waals surface area contributed by atoms with Crippen LogP contribution in [0.3, 0.4) is 0 Å². The first kappa shape index (κ1) is 16.6. The number of thioether (sulfide) groups is 1. The second kappa shape index (κ2) is 7.49. The largest absolute Gasteiger partial charge is 0.349 e. The van der Waals surface area contributed by atoms with Crippen LogP contribution in [0.2, 0.25) is 0 Å². The highest BCUT2D eigenvalue weighted by molar-refractivity contribution is 8.00. The van der Waals surface area contributed by atoms with E-state index in [4.69, 9.17) is 5.73 Å². The Labute approximate surface area is 131 Å². The normalized spacial score (nSPS) is 21.7. The lowest BCUT2D eigenvalue weighted by atomic mass is 9.96. The first-order valence-electron chi connectivity index (χ1n) is 7.92. The maximum Gasteiger partial charge on any atom is 0.232 e. The monoisotopic (exact) mass is 313 g/mol. The van der Waals surface area contributed by atoms with Crippen molar-refractivity contribution in [2.24, 2.45) is 11.7 Å². The third kappa shape index (κ3) is 4.88. The molecule has 5 nitrogen and oxygen atoms in total. The Balaban J connectivity index is 1.65. The van der Waals surface area contributed by atoms with Crippen molar-refractivity contribution < 1.29 is 9.59 Å². The SMILES string of the molecule is CC(CN)(NC(=O)CSCC(=O)N1CCCCC1)C1CC1. The molecule has 1 atom stereocenters. The summed E-state index contributed by atoms with van der Waals surface area (Å²) in [6.07, 6.45) is 5.72. The van der Waals surface area contributed by atoms with Gasteiger partial charge in [-0.15, -0.1) is 11.8 Å². The molecular formula is C15H27N3O2S. The number of piperidine rings is 1. The van der Waals surface area contributed by atoms with E-state index in [0.717, 1.165) is 38.8 Å². The van der Waals surface area contributed by atoms with Gasteiger partial charge in [0.25, 0.3) is 0 Å². The number of carbonyl (C=O) groups excluding carboxylic acids is 2. The van der Waals surface area contributed by atoms with Crippen LogP contribution in [0.1, 0.15) is 39.0 Å². The van der Waals surface area contributed by atoms with Gasteiger partial charge in [0, 0.05) is 19.6 Å². The van der Waals surface area contributed by atoms with E-state index in [1.165, 1.54) is 18.2 Å². The quantitative estimate of drug-likeness (QED) is 0.734. The van der Waals surface area contributed by atoms with Crippen LogP contribution >= 0.6 is 11.8 Å². The Hall–Kier alpha value is -0.750. The molecule has 2 aliphatic rings. The third-order valence-corrected chi connectivity index (χ3v) is 5.41. The first-order valence-corrected chi connectivity index (χ1v) is 9.07. The fourth-order valence-corrected chi connectivity index (χ4v) is 3.58. The standard InChI is InChI=1S/C15H27N3O2S/c1-15(11-16,12-5-6-12)17-13(19)9-21-10-14(20)18-7-3-2-4-8-18/h12H,2-11,16H2,1H3,(H,17,19). The summed E-state index contributed by atoms with van der Waals surface area (Å²) in [6.45, 7) is 4.24. The van der Waals surface area contributed by atoms with Gasteiger partial charge in [0.05, 0.1) is 17.0 Å². The van der Waals surface area contributed by atoms with Crippen molar-refractivity contribution in [3.63, 3.8) is 0 Å². The Morgan fingerprint density at radius 2 is 1.90 bits per heavy atom. The van der Waals surface area contributed by atoms with Crippen LogP contribution in [-0.4, -0.2) is 53.4 Å². The van der Waals surface area contributed by atoms with Crippen molar-refractivity contribution in [2.45, 2.75) is 44.6 Å². The maximum atomic E-state index is 12.0. The predicted molar refractivity (Wildman–Crippen MR) is 86.1 cm³/mol. The van der Waals surface area contributed by atoms with E-state index in [0.29, 0.717) is 24.0 Å². The molecule has 0 spiro atoms. The summed E-state index contributed by atoms with van der Waals surface area (Å²) >= 11 is 1.40. The van der Waals surface area contributed by atoms with Gasteiger partial charge in [-0.25, -0.2) is 0 Å². The summed E-state index contributed by atoms with van der Waals surface area (Å²) in [6, 6.07) is 0. The lowest BCUT2D eigenvalue weighted by Crippen LogP contribution is -2.53. The van der Waals surface area contributed by atoms with Crippen molar-refractivity contribution in [2.75, 3.05) is 31.1 Å². The summed E-state index contributed by atoms with van der Waals surface area (Å²) in [5.74, 6) is 1.41. The second-order valence-electron chi connectivity index (χ2n) is 6.38. The molecule has 0 radical (unpaired) electrons. The smallest absolute Gasteiger partial charge is 0.232 e. The highest BCUT2D eigenvalue weighted by Gasteiger charge is 2.41. The minimum Gasteiger partial charge on any atom is -0.349 e. The average molecular weight is 313 g/mol. The van der Waals surface area contributed by atoms with E-state index >= 15 is 0 Å². The molecule has 6 heteroatoms. The fraction of sp³-hybridized carbons (Fsp3) is 0.867. The Bertz CT molecular complexity index is 381. The summed E-state index contributed by atoms with van der Waals surface area (Å²) in [4.78, 5) is 25.9. The van der Waals surface area contributed by atoms with Gasteiger partial charge in [-0.2, -0.15) is 0 Å². The van der Waals surface area contributed by atoms with Crippen LogP contribution in [0.4, 0.5) is 0 Å². The van der Waals surface area contributed by atoms with Gasteiger partial charge in [-0.3, -0.25) is 9.59 Å². The zero-order valence-corrected chi connectivity index (χ0v) is 13.7. The number of nitrogens with one attached hydrogen (secondary N) is 1. The molecule has 2 amide bonds. The van der Waals surface area contributed by atoms with E-state index in [-0.39, 0.29) is 17.4 Å². The van der Waals surface area contributed by atoms with Gasteiger partial charge >= 0.3 is 0 Å². The number of carbonyl (C=O) groups is 2. The van der Waals surface area contributed by atoms with Crippen molar-refractivity contribution >= 4 is 23.6 Å². The highest BCUT2D eigenvalue weighted by Crippen LogP contribution is 2.38. The van der Waals surface area contributed by atoms with Crippen LogP contribution in [0.5, 0.6) is 0 Å². The molecular weight excluding hydrogens is 286 g/mol. The minimum atomic E-state index is -0.269. The van der Waals surface area contributed by atoms with Gasteiger partial charge in [0.1, 0.15) is 0 Å². The van der Waals surface area contributed by atoms with Crippen molar-refractivity contribution in [1.29, 1.82) is 0 Å². The summed E-state index contributed by atoms with van der Waals surface area (Å²) in [5.41, 5.74) is 5.52. The number of nitrogens with zero attached hydrogens (tertiary/aromatic N) is 1. The lowest BCUT2D eigenvalue weighted by molar-refractivity contribution is -0.129. The average Bonchev–Trinajstić information content (AvgIpc) is 3.33. The summed E-state index contributed by atoms with van der Waals surface area (Å²) in [7, 11) is 0. The van der Waals surface area contributed by atoms with E-state index < -0.39 is 0 Å². The molecule has 1 unspecified atom stereocenters. The van der Waals surface area contributed by atoms with Gasteiger partial charge in [0.15, 0.2) is 0 Å². The number of nitrogens with two attached hydrogens (primary N) is 1. The summed E-state index contributed by atoms with van der Waals surface area (Å²) < 4.78 is 0. The van der Waals surface area contributed by atoms with Gasteiger partial charge in [0.2, 0.25) is 11.8 Å². The third-order valence-electron chi connectivity index (χ3n) is 4.49. The molecule has 0 aromatic rings. The second-order valence-corrected chi connectivity index (χ2v) is 7.36. The molecule has 1 aliphatic heterocycles. The molecule has 2 fully saturated rings. The van der Waals surface area contributed by atoms with Crippen LogP contribution in [0.25, 0.3) is 0 Å². The van der Waals surface area contributed by atoms with Crippen molar-refractivity contribution in [1.82, 2.24) is 10.2 Å². The van der Waals surface area contributed by atoms with E-state index in [1.54, 1.807) is 0 Å². The van der Waals surface area contributed by atoms with Crippen LogP contribution in [0.15, 0.2) is 0 Å². The molecule has 0 aromatic heterocycles. The Morgan fingerprint density at radius 3 is 2.48 bits per heavy atom. The van der Waals surface area contributed by atoms with E-state index in [2.05, 4.69) is 5.32 Å². The zero-order valence-electron chi connectivity index (χ0n) is 12.9. The number of hydrogen-bond acceptors (Lipinski definition) is 4. The molecule has 3 N–H and O–H groups in total. The molecule has 1 aliphatic carbocycles. The minimum absolute atomic E-state index is 0.00806. The molecule has 120 valence electrons. The van der Waals surface area contributed by atoms with Crippen LogP contribution in [-0.2, 0) is 9.59 Å². The summed E-state index contributed by atoms with van der Waals surface area (Å²) in [5, 5.41) is 3.05. The topological polar surface area (TPSA) is 75.4 Å². The first-order chi connectivity index (χ1) is 10.0. The Kier molecular flexibility index (Phi) is 5.93. The molecule has 2 rings (SSSR count). The molecule has 0 aromatic carbocycles. The molecule has 1 heterocycles. The van der Waals surface area contributed by atoms with Gasteiger partial charge < -0.3 is 16.0 Å². The molecule has 21 heavy (non-hydrogen) atoms. The number of rotatable bonds is 7. The van der Waals surface area contributed by atoms with E-state index in [9.17, 15) is 9.59 Å². The Morgan fingerprint density at radius 1 is 1.24 bits per heavy atom. The molecule has 1 saturated carbocycles.